The molecule has 3 aromatic carbocycles. The van der Waals surface area contributed by atoms with Gasteiger partial charge in [-0.2, -0.15) is 0 Å². The molecule has 1 aliphatic carbocycles. The topological polar surface area (TPSA) is 97.0 Å². The van der Waals surface area contributed by atoms with Crippen LogP contribution in [-0.2, 0) is 16.1 Å². The van der Waals surface area contributed by atoms with Gasteiger partial charge < -0.3 is 20.1 Å². The molecule has 1 saturated heterocycles. The summed E-state index contributed by atoms with van der Waals surface area (Å²) in [5.41, 5.74) is 3.77. The van der Waals surface area contributed by atoms with E-state index in [4.69, 9.17) is 9.47 Å². The normalized spacial score (nSPS) is 18.6. The fourth-order valence-electron chi connectivity index (χ4n) is 4.50. The molecule has 0 aromatic heterocycles. The van der Waals surface area contributed by atoms with Crippen molar-refractivity contribution in [2.24, 2.45) is 5.92 Å². The number of hydrogen-bond acceptors (Lipinski definition) is 5. The minimum Gasteiger partial charge on any atom is -0.497 e. The highest BCUT2D eigenvalue weighted by atomic mass is 16.6. The van der Waals surface area contributed by atoms with E-state index in [2.05, 4.69) is 10.6 Å². The Morgan fingerprint density at radius 2 is 1.76 bits per heavy atom. The van der Waals surface area contributed by atoms with E-state index in [0.717, 1.165) is 24.0 Å². The molecule has 38 heavy (non-hydrogen) atoms. The molecule has 8 heteroatoms. The van der Waals surface area contributed by atoms with Crippen molar-refractivity contribution in [2.75, 3.05) is 19.0 Å². The summed E-state index contributed by atoms with van der Waals surface area (Å²) in [6, 6.07) is 21.0. The number of carbonyl (C=O) groups is 3. The van der Waals surface area contributed by atoms with Crippen molar-refractivity contribution in [3.8, 4) is 5.75 Å². The third-order valence-corrected chi connectivity index (χ3v) is 6.92. The Morgan fingerprint density at radius 1 is 1.03 bits per heavy atom. The van der Waals surface area contributed by atoms with Gasteiger partial charge in [0.25, 0.3) is 5.91 Å². The number of nitrogens with one attached hydrogen (secondary N) is 2. The number of methoxy groups -OCH3 is 1. The number of anilines is 1. The third kappa shape index (κ3) is 5.80. The summed E-state index contributed by atoms with van der Waals surface area (Å²) in [4.78, 5) is 40.5. The van der Waals surface area contributed by atoms with Crippen LogP contribution in [0.4, 0.5) is 10.5 Å². The Bertz CT molecular complexity index is 1320. The average Bonchev–Trinajstić information content (AvgIpc) is 3.71. The molecule has 2 atom stereocenters. The first kappa shape index (κ1) is 25.3. The van der Waals surface area contributed by atoms with E-state index in [1.165, 1.54) is 4.90 Å². The number of benzene rings is 3. The molecule has 2 N–H and O–H groups in total. The zero-order valence-corrected chi connectivity index (χ0v) is 21.5. The SMILES string of the molecule is COc1cccc(C(=O)Nc2ccc([C@H]3OC(=O)N(Cc4ccc(C)cc4)[C@@H]3C(=O)NCC3CC3)cc2)c1. The molecule has 0 radical (unpaired) electrons. The number of aryl methyl sites for hydroxylation is 1. The fraction of sp³-hybridized carbons (Fsp3) is 0.300. The van der Waals surface area contributed by atoms with Gasteiger partial charge in [0.1, 0.15) is 5.75 Å². The largest absolute Gasteiger partial charge is 0.497 e. The summed E-state index contributed by atoms with van der Waals surface area (Å²) < 4.78 is 10.9. The minimum absolute atomic E-state index is 0.227. The van der Waals surface area contributed by atoms with E-state index in [0.29, 0.717) is 35.0 Å². The van der Waals surface area contributed by atoms with Gasteiger partial charge in [-0.1, -0.05) is 48.0 Å². The molecular weight excluding hydrogens is 482 g/mol. The van der Waals surface area contributed by atoms with Gasteiger partial charge in [0, 0.05) is 17.8 Å². The van der Waals surface area contributed by atoms with E-state index in [9.17, 15) is 14.4 Å². The lowest BCUT2D eigenvalue weighted by molar-refractivity contribution is -0.126. The Morgan fingerprint density at radius 3 is 2.45 bits per heavy atom. The van der Waals surface area contributed by atoms with Crippen molar-refractivity contribution in [1.82, 2.24) is 10.2 Å². The van der Waals surface area contributed by atoms with Gasteiger partial charge in [-0.25, -0.2) is 4.79 Å². The van der Waals surface area contributed by atoms with Crippen LogP contribution >= 0.6 is 0 Å². The molecule has 196 valence electrons. The first-order valence-electron chi connectivity index (χ1n) is 12.8. The van der Waals surface area contributed by atoms with Gasteiger partial charge in [-0.15, -0.1) is 0 Å². The quantitative estimate of drug-likeness (QED) is 0.427. The Kier molecular flexibility index (Phi) is 7.31. The second-order valence-corrected chi connectivity index (χ2v) is 9.86. The summed E-state index contributed by atoms with van der Waals surface area (Å²) in [5, 5.41) is 5.88. The highest BCUT2D eigenvalue weighted by molar-refractivity contribution is 6.04. The summed E-state index contributed by atoms with van der Waals surface area (Å²) in [7, 11) is 1.55. The number of hydrogen-bond donors (Lipinski definition) is 2. The molecule has 3 aromatic rings. The predicted molar refractivity (Wildman–Crippen MR) is 143 cm³/mol. The van der Waals surface area contributed by atoms with Crippen LogP contribution in [0.3, 0.4) is 0 Å². The van der Waals surface area contributed by atoms with Gasteiger partial charge in [0.2, 0.25) is 5.91 Å². The molecule has 1 heterocycles. The van der Waals surface area contributed by atoms with Crippen molar-refractivity contribution < 1.29 is 23.9 Å². The zero-order chi connectivity index (χ0) is 26.6. The predicted octanol–water partition coefficient (Wildman–Crippen LogP) is 4.84. The summed E-state index contributed by atoms with van der Waals surface area (Å²) in [5.74, 6) is 0.603. The summed E-state index contributed by atoms with van der Waals surface area (Å²) in [6.45, 7) is 2.87. The van der Waals surface area contributed by atoms with Crippen LogP contribution in [-0.4, -0.2) is 42.5 Å². The second kappa shape index (κ2) is 11.0. The minimum atomic E-state index is -0.806. The summed E-state index contributed by atoms with van der Waals surface area (Å²) >= 11 is 0. The molecular formula is C30H31N3O5. The lowest BCUT2D eigenvalue weighted by atomic mass is 10.00. The van der Waals surface area contributed by atoms with Gasteiger partial charge >= 0.3 is 6.09 Å². The Hall–Kier alpha value is -4.33. The second-order valence-electron chi connectivity index (χ2n) is 9.86. The van der Waals surface area contributed by atoms with Crippen LogP contribution in [0.15, 0.2) is 72.8 Å². The highest BCUT2D eigenvalue weighted by Gasteiger charge is 2.47. The molecule has 0 bridgehead atoms. The fourth-order valence-corrected chi connectivity index (χ4v) is 4.50. The highest BCUT2D eigenvalue weighted by Crippen LogP contribution is 2.35. The molecule has 5 rings (SSSR count). The standard InChI is InChI=1S/C30H31N3O5/c1-19-6-8-21(9-7-19)18-33-26(29(35)31-17-20-10-11-20)27(38-30(33)36)22-12-14-24(15-13-22)32-28(34)23-4-3-5-25(16-23)37-2/h3-9,12-16,20,26-27H,10-11,17-18H2,1-2H3,(H,31,35)(H,32,34)/t26-,27+/m0/s1. The van der Waals surface area contributed by atoms with Gasteiger partial charge in [0.15, 0.2) is 12.1 Å². The smallest absolute Gasteiger partial charge is 0.411 e. The first-order valence-corrected chi connectivity index (χ1v) is 12.8. The summed E-state index contributed by atoms with van der Waals surface area (Å²) in [6.07, 6.45) is 0.924. The van der Waals surface area contributed by atoms with Crippen LogP contribution in [0.25, 0.3) is 0 Å². The molecule has 1 saturated carbocycles. The van der Waals surface area contributed by atoms with Gasteiger partial charge in [-0.3, -0.25) is 14.5 Å². The molecule has 1 aliphatic heterocycles. The maximum atomic E-state index is 13.3. The van der Waals surface area contributed by atoms with Crippen LogP contribution in [0, 0.1) is 12.8 Å². The average molecular weight is 514 g/mol. The molecule has 2 aliphatic rings. The van der Waals surface area contributed by atoms with Crippen LogP contribution in [0.1, 0.15) is 46.0 Å². The van der Waals surface area contributed by atoms with Crippen molar-refractivity contribution in [3.63, 3.8) is 0 Å². The van der Waals surface area contributed by atoms with Crippen molar-refractivity contribution in [3.05, 3.63) is 95.1 Å². The van der Waals surface area contributed by atoms with E-state index >= 15 is 0 Å². The van der Waals surface area contributed by atoms with E-state index in [1.807, 2.05) is 31.2 Å². The third-order valence-electron chi connectivity index (χ3n) is 6.92. The lowest BCUT2D eigenvalue weighted by Crippen LogP contribution is -2.46. The molecule has 8 nitrogen and oxygen atoms in total. The van der Waals surface area contributed by atoms with Crippen LogP contribution < -0.4 is 15.4 Å². The van der Waals surface area contributed by atoms with Crippen LogP contribution in [0.2, 0.25) is 0 Å². The van der Waals surface area contributed by atoms with E-state index in [-0.39, 0.29) is 18.4 Å². The molecule has 2 fully saturated rings. The monoisotopic (exact) mass is 513 g/mol. The van der Waals surface area contributed by atoms with Crippen molar-refractivity contribution in [1.29, 1.82) is 0 Å². The first-order chi connectivity index (χ1) is 18.4. The molecule has 3 amide bonds. The molecule has 0 spiro atoms. The van der Waals surface area contributed by atoms with Crippen LogP contribution in [0.5, 0.6) is 5.75 Å². The Labute approximate surface area is 221 Å². The van der Waals surface area contributed by atoms with Crippen molar-refractivity contribution >= 4 is 23.6 Å². The lowest BCUT2D eigenvalue weighted by Gasteiger charge is -2.24. The van der Waals surface area contributed by atoms with E-state index < -0.39 is 18.2 Å². The molecule has 0 unspecified atom stereocenters. The van der Waals surface area contributed by atoms with Gasteiger partial charge in [0.05, 0.1) is 13.7 Å². The maximum absolute atomic E-state index is 13.3. The van der Waals surface area contributed by atoms with Gasteiger partial charge in [-0.05, 0) is 67.1 Å². The number of rotatable bonds is 9. The number of cyclic esters (lactones) is 1. The number of amides is 3. The zero-order valence-electron chi connectivity index (χ0n) is 21.5. The number of nitrogens with zero attached hydrogens (tertiary/aromatic N) is 1. The number of carbonyl (C=O) groups excluding carboxylic acids is 3. The van der Waals surface area contributed by atoms with Crippen molar-refractivity contribution in [2.45, 2.75) is 38.5 Å². The number of ether oxygens (including phenoxy) is 2. The maximum Gasteiger partial charge on any atom is 0.411 e. The Balaban J connectivity index is 1.33. The van der Waals surface area contributed by atoms with E-state index in [1.54, 1.807) is 55.6 Å².